The van der Waals surface area contributed by atoms with E-state index in [1.165, 1.54) is 13.3 Å². The first kappa shape index (κ1) is 13.5. The van der Waals surface area contributed by atoms with Gasteiger partial charge in [-0.05, 0) is 25.7 Å². The topological polar surface area (TPSA) is 66.8 Å². The average Bonchev–Trinajstić information content (AvgIpc) is 2.26. The quantitative estimate of drug-likeness (QED) is 0.756. The first-order chi connectivity index (χ1) is 7.45. The Labute approximate surface area is 96.6 Å². The zero-order valence-corrected chi connectivity index (χ0v) is 10.1. The van der Waals surface area contributed by atoms with Crippen molar-refractivity contribution in [2.45, 2.75) is 57.7 Å². The molecule has 4 heteroatoms. The van der Waals surface area contributed by atoms with Crippen molar-refractivity contribution in [1.29, 1.82) is 0 Å². The van der Waals surface area contributed by atoms with Crippen LogP contribution in [0.4, 0.5) is 0 Å². The van der Waals surface area contributed by atoms with Crippen LogP contribution in [0.15, 0.2) is 0 Å². The van der Waals surface area contributed by atoms with Gasteiger partial charge in [0.1, 0.15) is 0 Å². The van der Waals surface area contributed by atoms with Crippen LogP contribution in [0.25, 0.3) is 0 Å². The van der Waals surface area contributed by atoms with Gasteiger partial charge in [0.25, 0.3) is 0 Å². The summed E-state index contributed by atoms with van der Waals surface area (Å²) in [6.45, 7) is 3.32. The maximum atomic E-state index is 10.7. The third-order valence-corrected chi connectivity index (χ3v) is 3.37. The molecule has 1 aliphatic carbocycles. The zero-order valence-electron chi connectivity index (χ0n) is 10.1. The van der Waals surface area contributed by atoms with Gasteiger partial charge in [0.2, 0.25) is 0 Å². The Morgan fingerprint density at radius 1 is 1.50 bits per heavy atom. The molecule has 2 N–H and O–H groups in total. The molecular formula is C12H22O4. The number of hydrogen-bond donors (Lipinski definition) is 2. The van der Waals surface area contributed by atoms with Crippen LogP contribution in [0.2, 0.25) is 0 Å². The predicted molar refractivity (Wildman–Crippen MR) is 60.2 cm³/mol. The minimum absolute atomic E-state index is 0.115. The Morgan fingerprint density at radius 2 is 2.19 bits per heavy atom. The van der Waals surface area contributed by atoms with Crippen molar-refractivity contribution in [3.63, 3.8) is 0 Å². The van der Waals surface area contributed by atoms with Crippen LogP contribution >= 0.6 is 0 Å². The predicted octanol–water partition coefficient (Wildman–Crippen LogP) is 1.81. The molecule has 0 amide bonds. The summed E-state index contributed by atoms with van der Waals surface area (Å²) in [5, 5.41) is 18.3. The molecule has 4 nitrogen and oxygen atoms in total. The van der Waals surface area contributed by atoms with Gasteiger partial charge >= 0.3 is 5.97 Å². The van der Waals surface area contributed by atoms with E-state index >= 15 is 0 Å². The highest BCUT2D eigenvalue weighted by molar-refractivity contribution is 5.76. The summed E-state index contributed by atoms with van der Waals surface area (Å²) in [7, 11) is 0. The van der Waals surface area contributed by atoms with E-state index in [1.54, 1.807) is 0 Å². The molecule has 16 heavy (non-hydrogen) atoms. The van der Waals surface area contributed by atoms with E-state index in [0.29, 0.717) is 5.92 Å². The van der Waals surface area contributed by atoms with Crippen molar-refractivity contribution in [1.82, 2.24) is 0 Å². The van der Waals surface area contributed by atoms with Gasteiger partial charge in [-0.25, -0.2) is 4.79 Å². The highest BCUT2D eigenvalue weighted by Crippen LogP contribution is 2.28. The van der Waals surface area contributed by atoms with Crippen molar-refractivity contribution in [2.75, 3.05) is 6.61 Å². The van der Waals surface area contributed by atoms with Gasteiger partial charge in [-0.1, -0.05) is 26.2 Å². The second-order valence-electron chi connectivity index (χ2n) is 4.95. The van der Waals surface area contributed by atoms with Crippen molar-refractivity contribution in [2.24, 2.45) is 5.92 Å². The summed E-state index contributed by atoms with van der Waals surface area (Å²) in [6.07, 6.45) is 5.61. The lowest BCUT2D eigenvalue weighted by molar-refractivity contribution is -0.166. The summed E-state index contributed by atoms with van der Waals surface area (Å²) >= 11 is 0. The van der Waals surface area contributed by atoms with E-state index in [-0.39, 0.29) is 12.7 Å². The van der Waals surface area contributed by atoms with E-state index < -0.39 is 11.6 Å². The maximum absolute atomic E-state index is 10.7. The number of aliphatic carboxylic acids is 1. The van der Waals surface area contributed by atoms with Crippen LogP contribution < -0.4 is 0 Å². The molecule has 0 heterocycles. The normalized spacial score (nSPS) is 29.7. The second-order valence-corrected chi connectivity index (χ2v) is 4.95. The van der Waals surface area contributed by atoms with Gasteiger partial charge in [-0.15, -0.1) is 0 Å². The Hall–Kier alpha value is -0.610. The fourth-order valence-corrected chi connectivity index (χ4v) is 2.11. The first-order valence-corrected chi connectivity index (χ1v) is 6.03. The molecule has 0 aromatic carbocycles. The summed E-state index contributed by atoms with van der Waals surface area (Å²) in [5.41, 5.74) is -1.76. The molecule has 0 aromatic rings. The largest absolute Gasteiger partial charge is 0.479 e. The minimum atomic E-state index is -1.76. The Balaban J connectivity index is 2.35. The molecule has 3 atom stereocenters. The van der Waals surface area contributed by atoms with Crippen LogP contribution in [0.1, 0.15) is 46.0 Å². The Kier molecular flexibility index (Phi) is 4.74. The van der Waals surface area contributed by atoms with E-state index in [1.807, 2.05) is 0 Å². The summed E-state index contributed by atoms with van der Waals surface area (Å²) < 4.78 is 5.51. The third kappa shape index (κ3) is 3.76. The van der Waals surface area contributed by atoms with Crippen molar-refractivity contribution < 1.29 is 19.7 Å². The fourth-order valence-electron chi connectivity index (χ4n) is 2.11. The van der Waals surface area contributed by atoms with Crippen molar-refractivity contribution in [3.05, 3.63) is 0 Å². The lowest BCUT2D eigenvalue weighted by Gasteiger charge is -2.30. The minimum Gasteiger partial charge on any atom is -0.479 e. The van der Waals surface area contributed by atoms with Crippen molar-refractivity contribution in [3.8, 4) is 0 Å². The molecule has 0 radical (unpaired) electrons. The summed E-state index contributed by atoms with van der Waals surface area (Å²) in [5.74, 6) is -0.538. The summed E-state index contributed by atoms with van der Waals surface area (Å²) in [6, 6.07) is 0. The molecule has 3 unspecified atom stereocenters. The molecule has 94 valence electrons. The smallest absolute Gasteiger partial charge is 0.337 e. The number of ether oxygens (including phenoxy) is 1. The standard InChI is InChI=1S/C12H22O4/c1-3-9-5-4-6-10(7-9)16-8-12(2,15)11(13)14/h9-10,15H,3-8H2,1-2H3,(H,13,14). The van der Waals surface area contributed by atoms with Gasteiger partial charge in [-0.3, -0.25) is 0 Å². The zero-order chi connectivity index (χ0) is 12.2. The van der Waals surface area contributed by atoms with Crippen LogP contribution in [0, 0.1) is 5.92 Å². The first-order valence-electron chi connectivity index (χ1n) is 6.03. The maximum Gasteiger partial charge on any atom is 0.337 e. The Bertz CT molecular complexity index is 237. The second kappa shape index (κ2) is 5.64. The Morgan fingerprint density at radius 3 is 2.75 bits per heavy atom. The van der Waals surface area contributed by atoms with Gasteiger partial charge in [0, 0.05) is 0 Å². The molecule has 1 fully saturated rings. The average molecular weight is 230 g/mol. The SMILES string of the molecule is CCC1CCCC(OCC(C)(O)C(=O)O)C1. The number of carbonyl (C=O) groups is 1. The highest BCUT2D eigenvalue weighted by Gasteiger charge is 2.32. The third-order valence-electron chi connectivity index (χ3n) is 3.37. The molecule has 0 aromatic heterocycles. The van der Waals surface area contributed by atoms with Gasteiger partial charge in [0.15, 0.2) is 5.60 Å². The van der Waals surface area contributed by atoms with Crippen LogP contribution in [-0.4, -0.2) is 34.5 Å². The highest BCUT2D eigenvalue weighted by atomic mass is 16.5. The van der Waals surface area contributed by atoms with E-state index in [9.17, 15) is 9.90 Å². The van der Waals surface area contributed by atoms with Gasteiger partial charge < -0.3 is 14.9 Å². The lowest BCUT2D eigenvalue weighted by Crippen LogP contribution is -2.41. The van der Waals surface area contributed by atoms with E-state index in [2.05, 4.69) is 6.92 Å². The molecule has 0 aliphatic heterocycles. The van der Waals surface area contributed by atoms with Crippen LogP contribution in [0.3, 0.4) is 0 Å². The van der Waals surface area contributed by atoms with Gasteiger partial charge in [0.05, 0.1) is 12.7 Å². The van der Waals surface area contributed by atoms with Crippen molar-refractivity contribution >= 4 is 5.97 Å². The molecule has 0 bridgehead atoms. The summed E-state index contributed by atoms with van der Waals surface area (Å²) in [4.78, 5) is 10.7. The molecule has 0 saturated heterocycles. The lowest BCUT2D eigenvalue weighted by atomic mass is 9.85. The van der Waals surface area contributed by atoms with E-state index in [0.717, 1.165) is 25.7 Å². The molecule has 1 rings (SSSR count). The van der Waals surface area contributed by atoms with Crippen LogP contribution in [-0.2, 0) is 9.53 Å². The number of aliphatic hydroxyl groups is 1. The molecular weight excluding hydrogens is 208 g/mol. The van der Waals surface area contributed by atoms with E-state index in [4.69, 9.17) is 9.84 Å². The number of hydrogen-bond acceptors (Lipinski definition) is 3. The molecule has 0 spiro atoms. The fraction of sp³-hybridized carbons (Fsp3) is 0.917. The number of carboxylic acids is 1. The van der Waals surface area contributed by atoms with Crippen LogP contribution in [0.5, 0.6) is 0 Å². The monoisotopic (exact) mass is 230 g/mol. The molecule has 1 aliphatic rings. The van der Waals surface area contributed by atoms with Gasteiger partial charge in [-0.2, -0.15) is 0 Å². The molecule has 1 saturated carbocycles. The number of rotatable bonds is 5. The number of carboxylic acid groups (broad SMARTS) is 1.